The standard InChI is InChI=1S/C17H21ClN2O2/c1-3-16(8-7-14-5-4-6-15(18)11-14)20-10-9-19(17(21)22)12-13(20)2/h4-6,11,13,16H,3,9-10,12H2,1-2H3,(H,21,22)/t13-,16-/m1/s1. The first-order valence-corrected chi connectivity index (χ1v) is 7.89. The minimum Gasteiger partial charge on any atom is -0.465 e. The van der Waals surface area contributed by atoms with Crippen LogP contribution in [0.5, 0.6) is 0 Å². The summed E-state index contributed by atoms with van der Waals surface area (Å²) in [6.45, 7) is 5.95. The van der Waals surface area contributed by atoms with Gasteiger partial charge in [0.15, 0.2) is 0 Å². The van der Waals surface area contributed by atoms with Crippen LogP contribution in [-0.2, 0) is 0 Å². The van der Waals surface area contributed by atoms with Gasteiger partial charge in [-0.2, -0.15) is 0 Å². The second kappa shape index (κ2) is 7.53. The molecule has 0 radical (unpaired) electrons. The third-order valence-electron chi connectivity index (χ3n) is 3.94. The summed E-state index contributed by atoms with van der Waals surface area (Å²) in [5.74, 6) is 6.49. The number of piperazine rings is 1. The molecule has 0 unspecified atom stereocenters. The summed E-state index contributed by atoms with van der Waals surface area (Å²) < 4.78 is 0. The number of amides is 1. The van der Waals surface area contributed by atoms with Crippen molar-refractivity contribution in [1.29, 1.82) is 0 Å². The van der Waals surface area contributed by atoms with E-state index in [1.54, 1.807) is 0 Å². The maximum absolute atomic E-state index is 11.1. The molecule has 0 aromatic heterocycles. The molecule has 1 heterocycles. The fraction of sp³-hybridized carbons (Fsp3) is 0.471. The third-order valence-corrected chi connectivity index (χ3v) is 4.18. The second-order valence-corrected chi connectivity index (χ2v) is 5.96. The maximum atomic E-state index is 11.1. The molecule has 118 valence electrons. The predicted molar refractivity (Wildman–Crippen MR) is 88.2 cm³/mol. The van der Waals surface area contributed by atoms with Crippen molar-refractivity contribution in [3.05, 3.63) is 34.9 Å². The van der Waals surface area contributed by atoms with E-state index in [0.29, 0.717) is 18.1 Å². The van der Waals surface area contributed by atoms with Crippen molar-refractivity contribution in [2.45, 2.75) is 32.4 Å². The Bertz CT molecular complexity index is 594. The number of carboxylic acid groups (broad SMARTS) is 1. The van der Waals surface area contributed by atoms with Crippen LogP contribution in [0.25, 0.3) is 0 Å². The van der Waals surface area contributed by atoms with Crippen molar-refractivity contribution in [2.24, 2.45) is 0 Å². The summed E-state index contributed by atoms with van der Waals surface area (Å²) in [5.41, 5.74) is 0.905. The first kappa shape index (κ1) is 16.7. The van der Waals surface area contributed by atoms with Crippen molar-refractivity contribution in [1.82, 2.24) is 9.80 Å². The Labute approximate surface area is 136 Å². The van der Waals surface area contributed by atoms with E-state index in [1.807, 2.05) is 24.3 Å². The number of rotatable bonds is 2. The quantitative estimate of drug-likeness (QED) is 0.851. The molecule has 0 spiro atoms. The number of hydrogen-bond acceptors (Lipinski definition) is 2. The minimum atomic E-state index is -0.843. The van der Waals surface area contributed by atoms with Crippen molar-refractivity contribution >= 4 is 17.7 Å². The van der Waals surface area contributed by atoms with Gasteiger partial charge in [-0.3, -0.25) is 4.90 Å². The largest absolute Gasteiger partial charge is 0.465 e. The molecule has 22 heavy (non-hydrogen) atoms. The summed E-state index contributed by atoms with van der Waals surface area (Å²) in [7, 11) is 0. The van der Waals surface area contributed by atoms with Gasteiger partial charge < -0.3 is 10.0 Å². The van der Waals surface area contributed by atoms with Crippen LogP contribution in [0.2, 0.25) is 5.02 Å². The van der Waals surface area contributed by atoms with Crippen LogP contribution in [0.3, 0.4) is 0 Å². The number of nitrogens with zero attached hydrogens (tertiary/aromatic N) is 2. The Kier molecular flexibility index (Phi) is 5.70. The highest BCUT2D eigenvalue weighted by atomic mass is 35.5. The second-order valence-electron chi connectivity index (χ2n) is 5.52. The summed E-state index contributed by atoms with van der Waals surface area (Å²) >= 11 is 5.97. The van der Waals surface area contributed by atoms with E-state index in [4.69, 9.17) is 16.7 Å². The highest BCUT2D eigenvalue weighted by molar-refractivity contribution is 6.30. The molecule has 1 aliphatic rings. The number of halogens is 1. The molecule has 5 heteroatoms. The summed E-state index contributed by atoms with van der Waals surface area (Å²) in [5, 5.41) is 9.77. The normalized spacial score (nSPS) is 20.1. The predicted octanol–water partition coefficient (Wildman–Crippen LogP) is 3.15. The lowest BCUT2D eigenvalue weighted by atomic mass is 10.1. The lowest BCUT2D eigenvalue weighted by Gasteiger charge is -2.41. The van der Waals surface area contributed by atoms with Crippen molar-refractivity contribution in [3.63, 3.8) is 0 Å². The fourth-order valence-electron chi connectivity index (χ4n) is 2.76. The Morgan fingerprint density at radius 2 is 2.27 bits per heavy atom. The molecule has 1 aromatic rings. The van der Waals surface area contributed by atoms with Crippen LogP contribution in [0.15, 0.2) is 24.3 Å². The van der Waals surface area contributed by atoms with Gasteiger partial charge in [-0.25, -0.2) is 4.79 Å². The van der Waals surface area contributed by atoms with Crippen LogP contribution >= 0.6 is 11.6 Å². The Hall–Kier alpha value is -1.70. The molecule has 1 fully saturated rings. The molecule has 1 aromatic carbocycles. The Balaban J connectivity index is 2.08. The molecule has 4 nitrogen and oxygen atoms in total. The molecule has 1 amide bonds. The van der Waals surface area contributed by atoms with Gasteiger partial charge in [0.25, 0.3) is 0 Å². The molecule has 2 rings (SSSR count). The lowest BCUT2D eigenvalue weighted by Crippen LogP contribution is -2.56. The zero-order chi connectivity index (χ0) is 16.1. The third kappa shape index (κ3) is 4.16. The smallest absolute Gasteiger partial charge is 0.407 e. The first-order valence-electron chi connectivity index (χ1n) is 7.52. The first-order chi connectivity index (χ1) is 10.5. The van der Waals surface area contributed by atoms with Crippen LogP contribution in [0.1, 0.15) is 25.8 Å². The highest BCUT2D eigenvalue weighted by Crippen LogP contribution is 2.16. The summed E-state index contributed by atoms with van der Waals surface area (Å²) in [6.07, 6.45) is 0.0647. The molecule has 1 saturated heterocycles. The molecule has 2 atom stereocenters. The topological polar surface area (TPSA) is 43.8 Å². The number of carbonyl (C=O) groups is 1. The number of hydrogen-bond donors (Lipinski definition) is 1. The van der Waals surface area contributed by atoms with Crippen LogP contribution in [-0.4, -0.2) is 52.7 Å². The van der Waals surface area contributed by atoms with E-state index >= 15 is 0 Å². The maximum Gasteiger partial charge on any atom is 0.407 e. The molecular weight excluding hydrogens is 300 g/mol. The average molecular weight is 321 g/mol. The zero-order valence-corrected chi connectivity index (χ0v) is 13.7. The number of benzene rings is 1. The van der Waals surface area contributed by atoms with Crippen LogP contribution in [0.4, 0.5) is 4.79 Å². The van der Waals surface area contributed by atoms with Gasteiger partial charge in [0.05, 0.1) is 6.04 Å². The van der Waals surface area contributed by atoms with E-state index in [0.717, 1.165) is 18.5 Å². The SMILES string of the molecule is CC[C@H](C#Cc1cccc(Cl)c1)N1CCN(C(=O)O)C[C@H]1C. The minimum absolute atomic E-state index is 0.130. The molecule has 1 N–H and O–H groups in total. The average Bonchev–Trinajstić information content (AvgIpc) is 2.49. The Morgan fingerprint density at radius 3 is 2.86 bits per heavy atom. The highest BCUT2D eigenvalue weighted by Gasteiger charge is 2.29. The van der Waals surface area contributed by atoms with Crippen LogP contribution < -0.4 is 0 Å². The summed E-state index contributed by atoms with van der Waals surface area (Å²) in [4.78, 5) is 14.8. The summed E-state index contributed by atoms with van der Waals surface area (Å²) in [6, 6.07) is 7.82. The van der Waals surface area contributed by atoms with Gasteiger partial charge in [0.1, 0.15) is 0 Å². The molecule has 0 saturated carbocycles. The van der Waals surface area contributed by atoms with Gasteiger partial charge in [-0.1, -0.05) is 36.4 Å². The molecule has 0 bridgehead atoms. The van der Waals surface area contributed by atoms with Gasteiger partial charge in [-0.15, -0.1) is 0 Å². The van der Waals surface area contributed by atoms with Gasteiger partial charge in [0, 0.05) is 36.3 Å². The van der Waals surface area contributed by atoms with E-state index in [2.05, 4.69) is 30.6 Å². The van der Waals surface area contributed by atoms with Gasteiger partial charge >= 0.3 is 6.09 Å². The van der Waals surface area contributed by atoms with E-state index in [9.17, 15) is 4.79 Å². The lowest BCUT2D eigenvalue weighted by molar-refractivity contribution is 0.0616. The van der Waals surface area contributed by atoms with Crippen LogP contribution in [0, 0.1) is 11.8 Å². The van der Waals surface area contributed by atoms with E-state index < -0.39 is 6.09 Å². The van der Waals surface area contributed by atoms with Crippen molar-refractivity contribution in [3.8, 4) is 11.8 Å². The van der Waals surface area contributed by atoms with E-state index in [-0.39, 0.29) is 12.1 Å². The zero-order valence-electron chi connectivity index (χ0n) is 12.9. The van der Waals surface area contributed by atoms with Crippen molar-refractivity contribution in [2.75, 3.05) is 19.6 Å². The van der Waals surface area contributed by atoms with Gasteiger partial charge in [-0.05, 0) is 31.5 Å². The fourth-order valence-corrected chi connectivity index (χ4v) is 2.95. The van der Waals surface area contributed by atoms with E-state index in [1.165, 1.54) is 4.90 Å². The van der Waals surface area contributed by atoms with Crippen molar-refractivity contribution < 1.29 is 9.90 Å². The molecule has 0 aliphatic carbocycles. The monoisotopic (exact) mass is 320 g/mol. The Morgan fingerprint density at radius 1 is 1.50 bits per heavy atom. The molecule has 1 aliphatic heterocycles. The molecular formula is C17H21ClN2O2. The van der Waals surface area contributed by atoms with Gasteiger partial charge in [0.2, 0.25) is 0 Å².